The molecule has 9 nitrogen and oxygen atoms in total. The molecule has 3 rings (SSSR count). The smallest absolute Gasteiger partial charge is 0.251 e. The predicted octanol–water partition coefficient (Wildman–Crippen LogP) is 4.76. The molecule has 9 heteroatoms. The van der Waals surface area contributed by atoms with Gasteiger partial charge in [-0.25, -0.2) is 4.99 Å². The molecule has 2 unspecified atom stereocenters. The van der Waals surface area contributed by atoms with Gasteiger partial charge in [-0.2, -0.15) is 0 Å². The van der Waals surface area contributed by atoms with Crippen molar-refractivity contribution in [1.29, 1.82) is 0 Å². The lowest BCUT2D eigenvalue weighted by Crippen LogP contribution is -2.50. The molecule has 0 aromatic heterocycles. The standard InChI is InChI=1S/C33H48N4O5/c1-8-33(9-2)18-29(38)37(31(34)36-33)19-26-16-24(14-15-28(26)42-21-22(3)20-41-7)30(39)35-23(4)27-13-11-10-12-25(27)17-32(5,6)40/h10-16,22-23,40H,8-9,17-21H2,1-7H3,(H2,34,36)(H,35,39). The third-order valence-corrected chi connectivity index (χ3v) is 7.84. The summed E-state index contributed by atoms with van der Waals surface area (Å²) in [6.07, 6.45) is 2.19. The van der Waals surface area contributed by atoms with E-state index in [9.17, 15) is 14.7 Å². The van der Waals surface area contributed by atoms with E-state index in [0.29, 0.717) is 36.5 Å². The van der Waals surface area contributed by atoms with Gasteiger partial charge in [0.05, 0.1) is 43.4 Å². The van der Waals surface area contributed by atoms with E-state index in [1.54, 1.807) is 39.2 Å². The van der Waals surface area contributed by atoms with Gasteiger partial charge in [-0.3, -0.25) is 14.5 Å². The van der Waals surface area contributed by atoms with Gasteiger partial charge in [-0.1, -0.05) is 45.0 Å². The Morgan fingerprint density at radius 1 is 1.14 bits per heavy atom. The molecule has 0 radical (unpaired) electrons. The summed E-state index contributed by atoms with van der Waals surface area (Å²) in [7, 11) is 1.65. The van der Waals surface area contributed by atoms with Gasteiger partial charge < -0.3 is 25.6 Å². The van der Waals surface area contributed by atoms with Crippen molar-refractivity contribution in [3.8, 4) is 5.75 Å². The van der Waals surface area contributed by atoms with Crippen LogP contribution in [0.1, 0.15) is 93.9 Å². The van der Waals surface area contributed by atoms with Crippen LogP contribution < -0.4 is 15.8 Å². The van der Waals surface area contributed by atoms with Crippen molar-refractivity contribution >= 4 is 17.8 Å². The second-order valence-corrected chi connectivity index (χ2v) is 12.1. The van der Waals surface area contributed by atoms with Crippen molar-refractivity contribution < 1.29 is 24.2 Å². The summed E-state index contributed by atoms with van der Waals surface area (Å²) in [6, 6.07) is 12.7. The number of nitrogens with zero attached hydrogens (tertiary/aromatic N) is 2. The molecule has 1 aliphatic rings. The minimum Gasteiger partial charge on any atom is -0.493 e. The Hall–Kier alpha value is -3.43. The summed E-state index contributed by atoms with van der Waals surface area (Å²) in [4.78, 5) is 32.9. The second-order valence-electron chi connectivity index (χ2n) is 12.1. The Morgan fingerprint density at radius 3 is 2.45 bits per heavy atom. The maximum Gasteiger partial charge on any atom is 0.251 e. The fraction of sp³-hybridized carbons (Fsp3) is 0.545. The number of rotatable bonds is 14. The van der Waals surface area contributed by atoms with E-state index in [-0.39, 0.29) is 42.7 Å². The van der Waals surface area contributed by atoms with E-state index >= 15 is 0 Å². The molecule has 0 aliphatic carbocycles. The first-order chi connectivity index (χ1) is 19.8. The van der Waals surface area contributed by atoms with E-state index in [4.69, 9.17) is 20.2 Å². The van der Waals surface area contributed by atoms with E-state index in [1.165, 1.54) is 4.90 Å². The first-order valence-corrected chi connectivity index (χ1v) is 14.8. The number of benzene rings is 2. The molecular weight excluding hydrogens is 532 g/mol. The third kappa shape index (κ3) is 8.55. The average molecular weight is 581 g/mol. The number of nitrogens with two attached hydrogens (primary N) is 1. The second kappa shape index (κ2) is 14.2. The molecule has 0 spiro atoms. The minimum atomic E-state index is -0.879. The molecule has 2 atom stereocenters. The number of ether oxygens (including phenoxy) is 2. The summed E-state index contributed by atoms with van der Waals surface area (Å²) in [5, 5.41) is 13.5. The molecule has 0 saturated heterocycles. The molecule has 2 aromatic carbocycles. The van der Waals surface area contributed by atoms with Crippen molar-refractivity contribution in [1.82, 2.24) is 10.2 Å². The maximum atomic E-state index is 13.5. The Kier molecular flexibility index (Phi) is 11.2. The molecular formula is C33H48N4O5. The zero-order valence-electron chi connectivity index (χ0n) is 26.2. The van der Waals surface area contributed by atoms with Crippen LogP contribution in [0.2, 0.25) is 0 Å². The molecule has 2 amide bonds. The quantitative estimate of drug-likeness (QED) is 0.296. The highest BCUT2D eigenvalue weighted by molar-refractivity contribution is 5.99. The Labute approximate surface area is 250 Å². The molecule has 0 saturated carbocycles. The Morgan fingerprint density at radius 2 is 1.83 bits per heavy atom. The summed E-state index contributed by atoms with van der Waals surface area (Å²) in [6.45, 7) is 12.6. The highest BCUT2D eigenvalue weighted by Crippen LogP contribution is 2.31. The number of carbonyl (C=O) groups excluding carboxylic acids is 2. The number of aliphatic hydroxyl groups is 1. The van der Waals surface area contributed by atoms with Gasteiger partial charge in [0.15, 0.2) is 5.96 Å². The number of methoxy groups -OCH3 is 1. The molecule has 1 aliphatic heterocycles. The number of aliphatic imine (C=N–C) groups is 1. The van der Waals surface area contributed by atoms with Gasteiger partial charge in [-0.15, -0.1) is 0 Å². The molecule has 0 fully saturated rings. The summed E-state index contributed by atoms with van der Waals surface area (Å²) in [5.74, 6) is 0.538. The van der Waals surface area contributed by atoms with Gasteiger partial charge in [-0.05, 0) is 62.9 Å². The Bertz CT molecular complexity index is 1270. The van der Waals surface area contributed by atoms with Gasteiger partial charge in [0.1, 0.15) is 5.75 Å². The minimum absolute atomic E-state index is 0.100. The largest absolute Gasteiger partial charge is 0.493 e. The van der Waals surface area contributed by atoms with Gasteiger partial charge in [0, 0.05) is 30.6 Å². The van der Waals surface area contributed by atoms with E-state index in [0.717, 1.165) is 24.0 Å². The first kappa shape index (κ1) is 33.1. The Balaban J connectivity index is 1.89. The van der Waals surface area contributed by atoms with Crippen molar-refractivity contribution in [2.24, 2.45) is 16.6 Å². The number of hydrogen-bond acceptors (Lipinski definition) is 7. The lowest BCUT2D eigenvalue weighted by Gasteiger charge is -2.36. The van der Waals surface area contributed by atoms with Gasteiger partial charge in [0.25, 0.3) is 5.91 Å². The maximum absolute atomic E-state index is 13.5. The van der Waals surface area contributed by atoms with Crippen LogP contribution in [0.4, 0.5) is 0 Å². The highest BCUT2D eigenvalue weighted by Gasteiger charge is 2.37. The van der Waals surface area contributed by atoms with Gasteiger partial charge in [0.2, 0.25) is 5.91 Å². The van der Waals surface area contributed by atoms with Crippen molar-refractivity contribution in [3.63, 3.8) is 0 Å². The van der Waals surface area contributed by atoms with E-state index in [2.05, 4.69) is 5.32 Å². The average Bonchev–Trinajstić information content (AvgIpc) is 2.93. The summed E-state index contributed by atoms with van der Waals surface area (Å²) < 4.78 is 11.4. The first-order valence-electron chi connectivity index (χ1n) is 14.8. The number of hydrogen-bond donors (Lipinski definition) is 3. The monoisotopic (exact) mass is 580 g/mol. The summed E-state index contributed by atoms with van der Waals surface area (Å²) in [5.41, 5.74) is 8.00. The predicted molar refractivity (Wildman–Crippen MR) is 165 cm³/mol. The van der Waals surface area contributed by atoms with Crippen LogP contribution in [0.5, 0.6) is 5.75 Å². The molecule has 42 heavy (non-hydrogen) atoms. The van der Waals surface area contributed by atoms with Crippen molar-refractivity contribution in [2.75, 3.05) is 20.3 Å². The number of guanidine groups is 1. The van der Waals surface area contributed by atoms with Crippen LogP contribution in [0.15, 0.2) is 47.5 Å². The fourth-order valence-electron chi connectivity index (χ4n) is 5.34. The van der Waals surface area contributed by atoms with Crippen LogP contribution >= 0.6 is 0 Å². The molecule has 2 aromatic rings. The topological polar surface area (TPSA) is 126 Å². The van der Waals surface area contributed by atoms with Crippen LogP contribution in [0.3, 0.4) is 0 Å². The number of amides is 2. The molecule has 230 valence electrons. The lowest BCUT2D eigenvalue weighted by molar-refractivity contribution is -0.130. The van der Waals surface area contributed by atoms with E-state index in [1.807, 2.05) is 52.0 Å². The summed E-state index contributed by atoms with van der Waals surface area (Å²) >= 11 is 0. The number of nitrogens with one attached hydrogen (secondary N) is 1. The lowest BCUT2D eigenvalue weighted by atomic mass is 9.88. The molecule has 4 N–H and O–H groups in total. The van der Waals surface area contributed by atoms with Crippen LogP contribution in [0, 0.1) is 5.92 Å². The highest BCUT2D eigenvalue weighted by atomic mass is 16.5. The van der Waals surface area contributed by atoms with Crippen molar-refractivity contribution in [2.45, 2.75) is 91.0 Å². The molecule has 0 bridgehead atoms. The van der Waals surface area contributed by atoms with Crippen LogP contribution in [0.25, 0.3) is 0 Å². The third-order valence-electron chi connectivity index (χ3n) is 7.84. The van der Waals surface area contributed by atoms with E-state index < -0.39 is 11.1 Å². The zero-order valence-corrected chi connectivity index (χ0v) is 26.2. The van der Waals surface area contributed by atoms with Crippen molar-refractivity contribution in [3.05, 3.63) is 64.7 Å². The zero-order chi connectivity index (χ0) is 31.1. The molecule has 1 heterocycles. The van der Waals surface area contributed by atoms with Gasteiger partial charge >= 0.3 is 0 Å². The van der Waals surface area contributed by atoms with Crippen LogP contribution in [-0.4, -0.2) is 59.2 Å². The SMILES string of the molecule is CCC1(CC)CC(=O)N(Cc2cc(C(=O)NC(C)c3ccccc3CC(C)(C)O)ccc2OCC(C)COC)C(N)=N1. The van der Waals surface area contributed by atoms with Crippen LogP contribution in [-0.2, 0) is 22.5 Å². The number of carbonyl (C=O) groups is 2. The normalized spacial score (nSPS) is 16.5. The fourth-order valence-corrected chi connectivity index (χ4v) is 5.34.